The Morgan fingerprint density at radius 1 is 1.00 bits per heavy atom. The lowest BCUT2D eigenvalue weighted by atomic mass is 10.2. The molecule has 156 valence electrons. The summed E-state index contributed by atoms with van der Waals surface area (Å²) in [6.45, 7) is 2.05. The van der Waals surface area contributed by atoms with E-state index in [1.807, 2.05) is 72.2 Å². The maximum Gasteiger partial charge on any atom is 0.234 e. The maximum absolute atomic E-state index is 12.6. The molecule has 4 rings (SSSR count). The number of aryl methyl sites for hydroxylation is 1. The van der Waals surface area contributed by atoms with E-state index >= 15 is 0 Å². The molecular formula is C23H18Br2N4OS. The van der Waals surface area contributed by atoms with Crippen molar-refractivity contribution in [2.75, 3.05) is 11.1 Å². The molecule has 0 spiro atoms. The van der Waals surface area contributed by atoms with Gasteiger partial charge < -0.3 is 5.32 Å². The number of anilines is 1. The van der Waals surface area contributed by atoms with Crippen LogP contribution in [0, 0.1) is 6.92 Å². The molecule has 1 amide bonds. The largest absolute Gasteiger partial charge is 0.324 e. The fraction of sp³-hybridized carbons (Fsp3) is 0.0870. The molecule has 4 aromatic rings. The molecule has 0 radical (unpaired) electrons. The first-order valence-corrected chi connectivity index (χ1v) is 12.0. The van der Waals surface area contributed by atoms with Gasteiger partial charge in [0.25, 0.3) is 0 Å². The zero-order chi connectivity index (χ0) is 21.8. The first kappa shape index (κ1) is 21.8. The van der Waals surface area contributed by atoms with Crippen LogP contribution in [0.15, 0.2) is 86.9 Å². The van der Waals surface area contributed by atoms with Crippen LogP contribution in [0.1, 0.15) is 5.56 Å². The molecule has 1 N–H and O–H groups in total. The molecule has 1 heterocycles. The number of carbonyl (C=O) groups excluding carboxylic acids is 1. The average Bonchev–Trinajstić information content (AvgIpc) is 3.20. The predicted octanol–water partition coefficient (Wildman–Crippen LogP) is 6.50. The summed E-state index contributed by atoms with van der Waals surface area (Å²) in [6.07, 6.45) is 0. The van der Waals surface area contributed by atoms with Crippen LogP contribution in [-0.2, 0) is 4.79 Å². The van der Waals surface area contributed by atoms with E-state index in [4.69, 9.17) is 0 Å². The second kappa shape index (κ2) is 9.80. The van der Waals surface area contributed by atoms with Crippen LogP contribution < -0.4 is 5.32 Å². The van der Waals surface area contributed by atoms with Gasteiger partial charge in [0.15, 0.2) is 11.0 Å². The summed E-state index contributed by atoms with van der Waals surface area (Å²) >= 11 is 8.24. The second-order valence-electron chi connectivity index (χ2n) is 6.80. The molecule has 0 fully saturated rings. The van der Waals surface area contributed by atoms with Gasteiger partial charge in [-0.25, -0.2) is 0 Å². The molecule has 0 atom stereocenters. The molecule has 1 aromatic heterocycles. The van der Waals surface area contributed by atoms with Gasteiger partial charge in [-0.1, -0.05) is 75.7 Å². The van der Waals surface area contributed by atoms with Crippen LogP contribution in [0.4, 0.5) is 5.69 Å². The van der Waals surface area contributed by atoms with Crippen molar-refractivity contribution in [3.8, 4) is 17.1 Å². The minimum atomic E-state index is -0.122. The van der Waals surface area contributed by atoms with E-state index in [-0.39, 0.29) is 11.7 Å². The second-order valence-corrected chi connectivity index (χ2v) is 9.52. The molecule has 31 heavy (non-hydrogen) atoms. The smallest absolute Gasteiger partial charge is 0.234 e. The monoisotopic (exact) mass is 556 g/mol. The molecule has 8 heteroatoms. The van der Waals surface area contributed by atoms with Crippen molar-refractivity contribution in [1.29, 1.82) is 0 Å². The zero-order valence-corrected chi connectivity index (χ0v) is 20.5. The lowest BCUT2D eigenvalue weighted by Crippen LogP contribution is -2.15. The summed E-state index contributed by atoms with van der Waals surface area (Å²) in [5.41, 5.74) is 3.80. The number of benzene rings is 3. The number of hydrogen-bond acceptors (Lipinski definition) is 4. The Balaban J connectivity index is 1.59. The van der Waals surface area contributed by atoms with Crippen LogP contribution in [0.3, 0.4) is 0 Å². The van der Waals surface area contributed by atoms with E-state index in [0.29, 0.717) is 10.8 Å². The van der Waals surface area contributed by atoms with Gasteiger partial charge in [0, 0.05) is 20.2 Å². The number of rotatable bonds is 6. The molecule has 0 saturated heterocycles. The van der Waals surface area contributed by atoms with Crippen LogP contribution in [0.2, 0.25) is 0 Å². The van der Waals surface area contributed by atoms with Gasteiger partial charge in [0.05, 0.1) is 11.4 Å². The maximum atomic E-state index is 12.6. The van der Waals surface area contributed by atoms with E-state index in [2.05, 4.69) is 59.5 Å². The van der Waals surface area contributed by atoms with Gasteiger partial charge in [-0.05, 0) is 53.2 Å². The Labute approximate surface area is 201 Å². The zero-order valence-electron chi connectivity index (χ0n) is 16.5. The standard InChI is InChI=1S/C23H18Br2N4OS/c1-15-7-10-18(11-8-15)29-22(16-5-3-2-4-6-16)27-28-23(29)31-14-21(30)26-20-13-17(24)9-12-19(20)25/h2-13H,14H2,1H3,(H,26,30). The van der Waals surface area contributed by atoms with Gasteiger partial charge in [-0.2, -0.15) is 0 Å². The van der Waals surface area contributed by atoms with Crippen molar-refractivity contribution in [1.82, 2.24) is 14.8 Å². The van der Waals surface area contributed by atoms with E-state index in [9.17, 15) is 4.79 Å². The number of nitrogens with zero attached hydrogens (tertiary/aromatic N) is 3. The number of thioether (sulfide) groups is 1. The number of nitrogens with one attached hydrogen (secondary N) is 1. The quantitative estimate of drug-likeness (QED) is 0.275. The number of carbonyl (C=O) groups is 1. The third kappa shape index (κ3) is 5.26. The SMILES string of the molecule is Cc1ccc(-n2c(SCC(=O)Nc3cc(Br)ccc3Br)nnc2-c2ccccc2)cc1. The minimum absolute atomic E-state index is 0.122. The lowest BCUT2D eigenvalue weighted by Gasteiger charge is -2.11. The topological polar surface area (TPSA) is 59.8 Å². The summed E-state index contributed by atoms with van der Waals surface area (Å²) in [6, 6.07) is 23.7. The highest BCUT2D eigenvalue weighted by Gasteiger charge is 2.17. The molecular weight excluding hydrogens is 540 g/mol. The molecule has 0 aliphatic rings. The van der Waals surface area contributed by atoms with Crippen LogP contribution in [0.5, 0.6) is 0 Å². The van der Waals surface area contributed by atoms with Gasteiger partial charge >= 0.3 is 0 Å². The highest BCUT2D eigenvalue weighted by molar-refractivity contribution is 9.11. The highest BCUT2D eigenvalue weighted by Crippen LogP contribution is 2.29. The van der Waals surface area contributed by atoms with Crippen LogP contribution >= 0.6 is 43.6 Å². The van der Waals surface area contributed by atoms with Crippen molar-refractivity contribution in [2.24, 2.45) is 0 Å². The Hall–Kier alpha value is -2.42. The summed E-state index contributed by atoms with van der Waals surface area (Å²) in [7, 11) is 0. The normalized spacial score (nSPS) is 10.8. The van der Waals surface area contributed by atoms with E-state index in [1.165, 1.54) is 17.3 Å². The summed E-state index contributed by atoms with van der Waals surface area (Å²) in [5.74, 6) is 0.822. The molecule has 3 aromatic carbocycles. The van der Waals surface area contributed by atoms with Crippen LogP contribution in [-0.4, -0.2) is 26.4 Å². The Morgan fingerprint density at radius 2 is 1.74 bits per heavy atom. The van der Waals surface area contributed by atoms with Crippen molar-refractivity contribution >= 4 is 55.2 Å². The summed E-state index contributed by atoms with van der Waals surface area (Å²) in [4.78, 5) is 12.6. The number of amides is 1. The fourth-order valence-corrected chi connectivity index (χ4v) is 4.43. The first-order chi connectivity index (χ1) is 15.0. The number of hydrogen-bond donors (Lipinski definition) is 1. The van der Waals surface area contributed by atoms with Gasteiger partial charge in [0.1, 0.15) is 0 Å². The minimum Gasteiger partial charge on any atom is -0.324 e. The first-order valence-electron chi connectivity index (χ1n) is 9.47. The van der Waals surface area contributed by atoms with Crippen molar-refractivity contribution in [3.05, 3.63) is 87.3 Å². The van der Waals surface area contributed by atoms with Gasteiger partial charge in [0.2, 0.25) is 5.91 Å². The van der Waals surface area contributed by atoms with Crippen molar-refractivity contribution < 1.29 is 4.79 Å². The average molecular weight is 558 g/mol. The Kier molecular flexibility index (Phi) is 6.89. The molecule has 0 unspecified atom stereocenters. The number of aromatic nitrogens is 3. The number of halogens is 2. The van der Waals surface area contributed by atoms with Crippen molar-refractivity contribution in [2.45, 2.75) is 12.1 Å². The van der Waals surface area contributed by atoms with E-state index in [0.717, 1.165) is 26.0 Å². The summed E-state index contributed by atoms with van der Waals surface area (Å²) < 4.78 is 3.70. The van der Waals surface area contributed by atoms with E-state index in [1.54, 1.807) is 0 Å². The molecule has 0 aliphatic heterocycles. The van der Waals surface area contributed by atoms with E-state index < -0.39 is 0 Å². The molecule has 5 nitrogen and oxygen atoms in total. The molecule has 0 aliphatic carbocycles. The van der Waals surface area contributed by atoms with Crippen LogP contribution in [0.25, 0.3) is 17.1 Å². The third-order valence-corrected chi connectivity index (χ3v) is 6.61. The summed E-state index contributed by atoms with van der Waals surface area (Å²) in [5, 5.41) is 12.4. The Morgan fingerprint density at radius 3 is 2.48 bits per heavy atom. The molecule has 0 saturated carbocycles. The fourth-order valence-electron chi connectivity index (χ4n) is 2.97. The Bertz CT molecular complexity index is 1210. The molecule has 0 bridgehead atoms. The van der Waals surface area contributed by atoms with Crippen molar-refractivity contribution in [3.63, 3.8) is 0 Å². The lowest BCUT2D eigenvalue weighted by molar-refractivity contribution is -0.113. The third-order valence-electron chi connectivity index (χ3n) is 4.49. The van der Waals surface area contributed by atoms with Gasteiger partial charge in [-0.3, -0.25) is 9.36 Å². The van der Waals surface area contributed by atoms with Gasteiger partial charge in [-0.15, -0.1) is 10.2 Å². The highest BCUT2D eigenvalue weighted by atomic mass is 79.9. The predicted molar refractivity (Wildman–Crippen MR) is 133 cm³/mol.